The lowest BCUT2D eigenvalue weighted by atomic mass is 9.74. The number of nitrogens with zero attached hydrogens (tertiary/aromatic N) is 2. The van der Waals surface area contributed by atoms with E-state index in [1.165, 1.54) is 12.1 Å². The van der Waals surface area contributed by atoms with Crippen molar-refractivity contribution in [3.63, 3.8) is 0 Å². The monoisotopic (exact) mass is 451 g/mol. The molecule has 4 rings (SSSR count). The minimum absolute atomic E-state index is 0.0634. The van der Waals surface area contributed by atoms with Crippen molar-refractivity contribution in [2.24, 2.45) is 5.92 Å². The van der Waals surface area contributed by atoms with Gasteiger partial charge in [-0.3, -0.25) is 20.3 Å². The molecule has 0 radical (unpaired) electrons. The summed E-state index contributed by atoms with van der Waals surface area (Å²) in [5, 5.41) is 30.1. The topological polar surface area (TPSA) is 126 Å². The SMILES string of the molecule is N#CC1C(=N)OC2=C(C(=O)CCC2)C1c1ccc(OCc2ccc(Cl)cc2)c([N+](=O)[O-])c1. The zero-order valence-corrected chi connectivity index (χ0v) is 17.6. The minimum atomic E-state index is -1.05. The number of carbonyl (C=O) groups is 1. The van der Waals surface area contributed by atoms with Crippen LogP contribution in [0.5, 0.6) is 5.75 Å². The van der Waals surface area contributed by atoms with Gasteiger partial charge in [-0.15, -0.1) is 0 Å². The first kappa shape index (κ1) is 21.5. The average molecular weight is 452 g/mol. The molecule has 1 aliphatic carbocycles. The normalized spacial score (nSPS) is 20.2. The molecule has 8 nitrogen and oxygen atoms in total. The molecule has 2 aromatic rings. The molecule has 0 spiro atoms. The molecule has 2 aromatic carbocycles. The van der Waals surface area contributed by atoms with Crippen molar-refractivity contribution < 1.29 is 19.2 Å². The summed E-state index contributed by atoms with van der Waals surface area (Å²) in [4.78, 5) is 23.9. The van der Waals surface area contributed by atoms with Crippen LogP contribution in [-0.4, -0.2) is 16.6 Å². The number of hydrogen-bond donors (Lipinski definition) is 1. The number of halogens is 1. The Labute approximate surface area is 188 Å². The lowest BCUT2D eigenvalue weighted by Crippen LogP contribution is -2.34. The zero-order chi connectivity index (χ0) is 22.8. The molecule has 32 heavy (non-hydrogen) atoms. The van der Waals surface area contributed by atoms with Crippen LogP contribution in [0, 0.1) is 32.8 Å². The Balaban J connectivity index is 1.71. The maximum Gasteiger partial charge on any atom is 0.311 e. The second-order valence-electron chi connectivity index (χ2n) is 7.56. The highest BCUT2D eigenvalue weighted by atomic mass is 35.5. The maximum atomic E-state index is 12.7. The van der Waals surface area contributed by atoms with E-state index in [-0.39, 0.29) is 29.7 Å². The first-order valence-electron chi connectivity index (χ1n) is 9.96. The molecule has 0 fully saturated rings. The van der Waals surface area contributed by atoms with Crippen LogP contribution in [0.4, 0.5) is 5.69 Å². The van der Waals surface area contributed by atoms with Gasteiger partial charge in [0.25, 0.3) is 0 Å². The largest absolute Gasteiger partial charge is 0.482 e. The predicted octanol–water partition coefficient (Wildman–Crippen LogP) is 5.07. The van der Waals surface area contributed by atoms with E-state index >= 15 is 0 Å². The van der Waals surface area contributed by atoms with Gasteiger partial charge in [-0.1, -0.05) is 29.8 Å². The molecule has 0 aromatic heterocycles. The van der Waals surface area contributed by atoms with Crippen LogP contribution in [0.15, 0.2) is 53.8 Å². The maximum absolute atomic E-state index is 12.7. The van der Waals surface area contributed by atoms with Crippen LogP contribution in [0.3, 0.4) is 0 Å². The van der Waals surface area contributed by atoms with Crippen molar-refractivity contribution in [2.75, 3.05) is 0 Å². The Morgan fingerprint density at radius 1 is 1.25 bits per heavy atom. The fraction of sp³-hybridized carbons (Fsp3) is 0.261. The van der Waals surface area contributed by atoms with Crippen molar-refractivity contribution in [3.8, 4) is 11.8 Å². The van der Waals surface area contributed by atoms with Gasteiger partial charge in [0.05, 0.1) is 11.0 Å². The second-order valence-corrected chi connectivity index (χ2v) is 8.00. The Hall–Kier alpha value is -3.70. The third kappa shape index (κ3) is 4.07. The number of nitro groups is 1. The number of nitro benzene ring substituents is 1. The van der Waals surface area contributed by atoms with Crippen LogP contribution in [0.2, 0.25) is 5.02 Å². The van der Waals surface area contributed by atoms with E-state index in [2.05, 4.69) is 0 Å². The molecule has 0 amide bonds. The van der Waals surface area contributed by atoms with Gasteiger partial charge >= 0.3 is 5.69 Å². The van der Waals surface area contributed by atoms with Crippen LogP contribution in [0.1, 0.15) is 36.3 Å². The first-order chi connectivity index (χ1) is 15.4. The summed E-state index contributed by atoms with van der Waals surface area (Å²) < 4.78 is 11.1. The molecule has 0 saturated carbocycles. The van der Waals surface area contributed by atoms with Gasteiger partial charge in [0.2, 0.25) is 5.90 Å². The van der Waals surface area contributed by atoms with E-state index in [1.807, 2.05) is 6.07 Å². The van der Waals surface area contributed by atoms with Crippen LogP contribution in [0.25, 0.3) is 0 Å². The summed E-state index contributed by atoms with van der Waals surface area (Å²) in [6, 6.07) is 13.3. The lowest BCUT2D eigenvalue weighted by molar-refractivity contribution is -0.386. The highest BCUT2D eigenvalue weighted by Crippen LogP contribution is 2.45. The molecule has 0 bridgehead atoms. The number of benzene rings is 2. The van der Waals surface area contributed by atoms with E-state index < -0.39 is 16.8 Å². The van der Waals surface area contributed by atoms with Gasteiger partial charge < -0.3 is 9.47 Å². The van der Waals surface area contributed by atoms with Crippen molar-refractivity contribution in [1.82, 2.24) is 0 Å². The summed E-state index contributed by atoms with van der Waals surface area (Å²) in [6.45, 7) is 0.105. The summed E-state index contributed by atoms with van der Waals surface area (Å²) in [7, 11) is 0. The van der Waals surface area contributed by atoms with E-state index in [0.717, 1.165) is 5.56 Å². The summed E-state index contributed by atoms with van der Waals surface area (Å²) in [5.74, 6) is -1.81. The van der Waals surface area contributed by atoms with E-state index in [9.17, 15) is 20.2 Å². The standard InChI is InChI=1S/C23H18ClN3O5/c24-15-7-4-13(5-8-15)12-31-19-9-6-14(10-17(19)27(29)30)21-16(11-25)23(26)32-20-3-1-2-18(28)22(20)21/h4-10,16,21,26H,1-3,12H2. The lowest BCUT2D eigenvalue weighted by Gasteiger charge is -2.34. The van der Waals surface area contributed by atoms with Crippen LogP contribution < -0.4 is 4.74 Å². The van der Waals surface area contributed by atoms with Gasteiger partial charge in [0.1, 0.15) is 18.3 Å². The number of hydrogen-bond acceptors (Lipinski definition) is 7. The van der Waals surface area contributed by atoms with Crippen molar-refractivity contribution >= 4 is 29.0 Å². The number of carbonyl (C=O) groups excluding carboxylic acids is 1. The van der Waals surface area contributed by atoms with Gasteiger partial charge in [0, 0.05) is 35.4 Å². The van der Waals surface area contributed by atoms with Crippen molar-refractivity contribution in [1.29, 1.82) is 10.7 Å². The van der Waals surface area contributed by atoms with E-state index in [0.29, 0.717) is 41.2 Å². The predicted molar refractivity (Wildman–Crippen MR) is 115 cm³/mol. The number of Topliss-reactive ketones (excluding diaryl/α,β-unsaturated/α-hetero) is 1. The van der Waals surface area contributed by atoms with Gasteiger partial charge in [-0.05, 0) is 35.7 Å². The van der Waals surface area contributed by atoms with E-state index in [4.69, 9.17) is 26.5 Å². The Morgan fingerprint density at radius 2 is 2.00 bits per heavy atom. The molecule has 1 heterocycles. The van der Waals surface area contributed by atoms with E-state index in [1.54, 1.807) is 30.3 Å². The van der Waals surface area contributed by atoms with Crippen LogP contribution >= 0.6 is 11.6 Å². The third-order valence-electron chi connectivity index (χ3n) is 5.55. The second kappa shape index (κ2) is 8.81. The third-order valence-corrected chi connectivity index (χ3v) is 5.81. The molecular formula is C23H18ClN3O5. The fourth-order valence-corrected chi connectivity index (χ4v) is 4.15. The molecule has 0 saturated heterocycles. The number of nitriles is 1. The molecule has 1 N–H and O–H groups in total. The summed E-state index contributed by atoms with van der Waals surface area (Å²) in [6.07, 6.45) is 1.41. The quantitative estimate of drug-likeness (QED) is 0.499. The summed E-state index contributed by atoms with van der Waals surface area (Å²) >= 11 is 5.88. The molecule has 1 aliphatic heterocycles. The molecule has 2 atom stereocenters. The van der Waals surface area contributed by atoms with Gasteiger partial charge in [0.15, 0.2) is 11.5 Å². The highest BCUT2D eigenvalue weighted by Gasteiger charge is 2.43. The number of allylic oxidation sites excluding steroid dienone is 2. The number of nitrogens with one attached hydrogen (secondary N) is 1. The number of ketones is 1. The highest BCUT2D eigenvalue weighted by molar-refractivity contribution is 6.30. The average Bonchev–Trinajstić information content (AvgIpc) is 2.78. The minimum Gasteiger partial charge on any atom is -0.482 e. The molecule has 2 aliphatic rings. The van der Waals surface area contributed by atoms with Gasteiger partial charge in [-0.25, -0.2) is 0 Å². The molecule has 9 heteroatoms. The molecule has 2 unspecified atom stereocenters. The van der Waals surface area contributed by atoms with Crippen molar-refractivity contribution in [3.05, 3.63) is 80.1 Å². The fourth-order valence-electron chi connectivity index (χ4n) is 4.03. The molecular weight excluding hydrogens is 434 g/mol. The Bertz CT molecular complexity index is 1180. The smallest absolute Gasteiger partial charge is 0.311 e. The summed E-state index contributed by atoms with van der Waals surface area (Å²) in [5.41, 5.74) is 1.25. The Morgan fingerprint density at radius 3 is 2.69 bits per heavy atom. The molecule has 162 valence electrons. The number of ether oxygens (including phenoxy) is 2. The Kier molecular flexibility index (Phi) is 5.93. The van der Waals surface area contributed by atoms with Crippen molar-refractivity contribution in [2.45, 2.75) is 31.8 Å². The zero-order valence-electron chi connectivity index (χ0n) is 16.8. The first-order valence-corrected chi connectivity index (χ1v) is 10.3. The number of rotatable bonds is 5. The van der Waals surface area contributed by atoms with Crippen LogP contribution in [-0.2, 0) is 16.1 Å². The van der Waals surface area contributed by atoms with Gasteiger partial charge in [-0.2, -0.15) is 5.26 Å².